The Morgan fingerprint density at radius 3 is 2.16 bits per heavy atom. The number of nitrogens with zero attached hydrogens (tertiary/aromatic N) is 2. The van der Waals surface area contributed by atoms with Crippen LogP contribution in [0.4, 0.5) is 10.8 Å². The summed E-state index contributed by atoms with van der Waals surface area (Å²) in [5.41, 5.74) is 3.34. The highest BCUT2D eigenvalue weighted by Gasteiger charge is 2.19. The van der Waals surface area contributed by atoms with Crippen LogP contribution in [0, 0.1) is 13.8 Å². The lowest BCUT2D eigenvalue weighted by atomic mass is 10.2. The predicted molar refractivity (Wildman–Crippen MR) is 126 cm³/mol. The molecule has 0 aliphatic heterocycles. The number of benzene rings is 3. The first kappa shape index (κ1) is 21.7. The smallest absolute Gasteiger partial charge is 0.261 e. The molecule has 0 unspecified atom stereocenters. The monoisotopic (exact) mass is 464 g/mol. The summed E-state index contributed by atoms with van der Waals surface area (Å²) in [6, 6.07) is 20.7. The van der Waals surface area contributed by atoms with Crippen molar-refractivity contribution in [2.75, 3.05) is 10.0 Å². The van der Waals surface area contributed by atoms with Crippen molar-refractivity contribution in [1.82, 2.24) is 10.2 Å². The number of anilines is 2. The van der Waals surface area contributed by atoms with E-state index in [1.54, 1.807) is 36.4 Å². The third-order valence-electron chi connectivity index (χ3n) is 4.69. The van der Waals surface area contributed by atoms with Crippen LogP contribution in [0.25, 0.3) is 10.6 Å². The molecule has 1 aromatic heterocycles. The van der Waals surface area contributed by atoms with Crippen LogP contribution >= 0.6 is 11.3 Å². The summed E-state index contributed by atoms with van der Waals surface area (Å²) in [5.74, 6) is -0.487. The number of nitrogens with one attached hydrogen (secondary N) is 2. The molecule has 0 spiro atoms. The lowest BCUT2D eigenvalue weighted by Gasteiger charge is -2.12. The molecule has 0 saturated carbocycles. The molecule has 1 heterocycles. The molecule has 0 aliphatic carbocycles. The summed E-state index contributed by atoms with van der Waals surface area (Å²) in [7, 11) is -3.85. The number of sulfonamides is 1. The zero-order valence-electron chi connectivity index (χ0n) is 17.4. The van der Waals surface area contributed by atoms with E-state index >= 15 is 0 Å². The van der Waals surface area contributed by atoms with Crippen molar-refractivity contribution in [2.24, 2.45) is 0 Å². The molecule has 0 radical (unpaired) electrons. The van der Waals surface area contributed by atoms with Gasteiger partial charge in [-0.15, -0.1) is 10.2 Å². The zero-order valence-corrected chi connectivity index (χ0v) is 19.0. The van der Waals surface area contributed by atoms with E-state index in [0.29, 0.717) is 10.1 Å². The Labute approximate surface area is 190 Å². The number of amides is 1. The normalized spacial score (nSPS) is 11.2. The van der Waals surface area contributed by atoms with Crippen LogP contribution in [-0.4, -0.2) is 24.5 Å². The fraction of sp³-hybridized carbons (Fsp3) is 0.0870. The second-order valence-electron chi connectivity index (χ2n) is 7.20. The Kier molecular flexibility index (Phi) is 6.02. The molecule has 2 N–H and O–H groups in total. The highest BCUT2D eigenvalue weighted by molar-refractivity contribution is 7.92. The first-order chi connectivity index (χ1) is 15.3. The summed E-state index contributed by atoms with van der Waals surface area (Å²) >= 11 is 1.24. The van der Waals surface area contributed by atoms with E-state index < -0.39 is 15.9 Å². The Balaban J connectivity index is 1.54. The molecule has 0 saturated heterocycles. The molecule has 0 fully saturated rings. The van der Waals surface area contributed by atoms with Gasteiger partial charge in [-0.3, -0.25) is 14.8 Å². The van der Waals surface area contributed by atoms with Crippen molar-refractivity contribution >= 4 is 38.1 Å². The maximum Gasteiger partial charge on any atom is 0.261 e. The van der Waals surface area contributed by atoms with Crippen LogP contribution in [0.15, 0.2) is 77.7 Å². The minimum absolute atomic E-state index is 0.116. The van der Waals surface area contributed by atoms with Gasteiger partial charge in [0.05, 0.1) is 16.1 Å². The first-order valence-electron chi connectivity index (χ1n) is 9.72. The maximum atomic E-state index is 12.9. The van der Waals surface area contributed by atoms with E-state index in [-0.39, 0.29) is 16.1 Å². The van der Waals surface area contributed by atoms with Crippen LogP contribution in [0.5, 0.6) is 0 Å². The number of hydrogen-bond acceptors (Lipinski definition) is 6. The van der Waals surface area contributed by atoms with Crippen molar-refractivity contribution in [2.45, 2.75) is 18.7 Å². The Bertz CT molecular complexity index is 1360. The summed E-state index contributed by atoms with van der Waals surface area (Å²) in [6.45, 7) is 3.88. The molecule has 4 aromatic rings. The number of carbonyl (C=O) groups excluding carboxylic acids is 1. The average Bonchev–Trinajstić information content (AvgIpc) is 3.23. The van der Waals surface area contributed by atoms with Crippen LogP contribution < -0.4 is 10.0 Å². The molecule has 1 amide bonds. The number of aryl methyl sites for hydroxylation is 2. The molecule has 7 nitrogen and oxygen atoms in total. The largest absolute Gasteiger partial charge is 0.296 e. The van der Waals surface area contributed by atoms with Gasteiger partial charge < -0.3 is 0 Å². The number of hydrogen-bond donors (Lipinski definition) is 2. The van der Waals surface area contributed by atoms with E-state index in [1.807, 2.05) is 38.1 Å². The molecule has 0 bridgehead atoms. The summed E-state index contributed by atoms with van der Waals surface area (Å²) < 4.78 is 28.0. The van der Waals surface area contributed by atoms with Crippen LogP contribution in [0.3, 0.4) is 0 Å². The fourth-order valence-corrected chi connectivity index (χ4v) is 4.77. The Morgan fingerprint density at radius 1 is 0.844 bits per heavy atom. The molecular weight excluding hydrogens is 444 g/mol. The minimum Gasteiger partial charge on any atom is -0.296 e. The third-order valence-corrected chi connectivity index (χ3v) is 6.96. The average molecular weight is 465 g/mol. The number of rotatable bonds is 6. The Morgan fingerprint density at radius 2 is 1.47 bits per heavy atom. The van der Waals surface area contributed by atoms with Gasteiger partial charge in [-0.05, 0) is 38.1 Å². The summed E-state index contributed by atoms with van der Waals surface area (Å²) in [6.07, 6.45) is 0. The molecule has 32 heavy (non-hydrogen) atoms. The van der Waals surface area contributed by atoms with Gasteiger partial charge in [0.2, 0.25) is 5.13 Å². The van der Waals surface area contributed by atoms with Crippen molar-refractivity contribution in [3.63, 3.8) is 0 Å². The van der Waals surface area contributed by atoms with Crippen LogP contribution in [0.2, 0.25) is 0 Å². The highest BCUT2D eigenvalue weighted by Crippen LogP contribution is 2.28. The van der Waals surface area contributed by atoms with E-state index in [4.69, 9.17) is 0 Å². The molecule has 0 atom stereocenters. The Hall–Kier alpha value is -3.56. The van der Waals surface area contributed by atoms with Gasteiger partial charge in [0.15, 0.2) is 0 Å². The van der Waals surface area contributed by atoms with Gasteiger partial charge in [0.1, 0.15) is 5.01 Å². The molecule has 3 aromatic carbocycles. The van der Waals surface area contributed by atoms with Crippen molar-refractivity contribution in [1.29, 1.82) is 0 Å². The van der Waals surface area contributed by atoms with E-state index in [9.17, 15) is 13.2 Å². The summed E-state index contributed by atoms with van der Waals surface area (Å²) in [4.78, 5) is 13.0. The van der Waals surface area contributed by atoms with Crippen LogP contribution in [-0.2, 0) is 10.0 Å². The van der Waals surface area contributed by atoms with Gasteiger partial charge in [-0.2, -0.15) is 0 Å². The molecule has 9 heteroatoms. The van der Waals surface area contributed by atoms with Gasteiger partial charge in [0.25, 0.3) is 15.9 Å². The van der Waals surface area contributed by atoms with Crippen molar-refractivity contribution < 1.29 is 13.2 Å². The second kappa shape index (κ2) is 8.89. The molecular formula is C23H20N4O3S2. The van der Waals surface area contributed by atoms with E-state index in [0.717, 1.165) is 16.7 Å². The number of para-hydroxylation sites is 1. The topological polar surface area (TPSA) is 101 Å². The van der Waals surface area contributed by atoms with Gasteiger partial charge >= 0.3 is 0 Å². The quantitative estimate of drug-likeness (QED) is 0.424. The van der Waals surface area contributed by atoms with E-state index in [1.165, 1.54) is 23.5 Å². The third kappa shape index (κ3) is 4.84. The standard InChI is InChI=1S/C23H20N4O3S2/c1-15-7-11-17(12-8-15)22-25-26-23(31-22)24-21(28)19-5-3-4-6-20(19)27-32(29,30)18-13-9-16(2)10-14-18/h3-14,27H,1-2H3,(H,24,26,28). The fourth-order valence-electron chi connectivity index (χ4n) is 2.94. The second-order valence-corrected chi connectivity index (χ2v) is 9.86. The minimum atomic E-state index is -3.85. The number of carbonyl (C=O) groups is 1. The van der Waals surface area contributed by atoms with Gasteiger partial charge in [-0.25, -0.2) is 8.42 Å². The van der Waals surface area contributed by atoms with E-state index in [2.05, 4.69) is 20.2 Å². The van der Waals surface area contributed by atoms with Crippen LogP contribution in [0.1, 0.15) is 21.5 Å². The highest BCUT2D eigenvalue weighted by atomic mass is 32.2. The molecule has 162 valence electrons. The molecule has 0 aliphatic rings. The molecule has 4 rings (SSSR count). The first-order valence-corrected chi connectivity index (χ1v) is 12.0. The predicted octanol–water partition coefficient (Wildman–Crippen LogP) is 4.88. The lowest BCUT2D eigenvalue weighted by molar-refractivity contribution is 0.102. The van der Waals surface area contributed by atoms with Gasteiger partial charge in [0, 0.05) is 5.56 Å². The number of aromatic nitrogens is 2. The lowest BCUT2D eigenvalue weighted by Crippen LogP contribution is -2.18. The summed E-state index contributed by atoms with van der Waals surface area (Å²) in [5, 5.41) is 11.9. The van der Waals surface area contributed by atoms with Crippen molar-refractivity contribution in [3.8, 4) is 10.6 Å². The van der Waals surface area contributed by atoms with Gasteiger partial charge in [-0.1, -0.05) is 71.0 Å². The maximum absolute atomic E-state index is 12.9. The SMILES string of the molecule is Cc1ccc(-c2nnc(NC(=O)c3ccccc3NS(=O)(=O)c3ccc(C)cc3)s2)cc1. The van der Waals surface area contributed by atoms with Crippen molar-refractivity contribution in [3.05, 3.63) is 89.5 Å². The zero-order chi connectivity index (χ0) is 22.7.